The van der Waals surface area contributed by atoms with E-state index in [9.17, 15) is 9.59 Å². The number of hydrogen-bond acceptors (Lipinski definition) is 6. The van der Waals surface area contributed by atoms with Crippen molar-refractivity contribution in [2.75, 3.05) is 31.1 Å². The van der Waals surface area contributed by atoms with E-state index in [0.717, 1.165) is 0 Å². The van der Waals surface area contributed by atoms with E-state index in [2.05, 4.69) is 15.3 Å². The second-order valence-corrected chi connectivity index (χ2v) is 3.73. The average molecular weight is 250 g/mol. The molecule has 18 heavy (non-hydrogen) atoms. The van der Waals surface area contributed by atoms with Gasteiger partial charge in [-0.2, -0.15) is 0 Å². The molecule has 7 heteroatoms. The maximum Gasteiger partial charge on any atom is 0.357 e. The van der Waals surface area contributed by atoms with Gasteiger partial charge in [-0.1, -0.05) is 0 Å². The van der Waals surface area contributed by atoms with Gasteiger partial charge in [0.05, 0.1) is 13.2 Å². The molecule has 1 saturated heterocycles. The molecule has 0 aromatic carbocycles. The monoisotopic (exact) mass is 250 g/mol. The average Bonchev–Trinajstić information content (AvgIpc) is 2.39. The number of hydrogen-bond donors (Lipinski definition) is 1. The van der Waals surface area contributed by atoms with E-state index in [1.54, 1.807) is 11.8 Å². The van der Waals surface area contributed by atoms with Gasteiger partial charge in [-0.05, 0) is 13.0 Å². The van der Waals surface area contributed by atoms with Gasteiger partial charge in [0.1, 0.15) is 0 Å². The molecule has 2 rings (SSSR count). The lowest BCUT2D eigenvalue weighted by atomic mass is 10.3. The van der Waals surface area contributed by atoms with Gasteiger partial charge in [0.15, 0.2) is 5.69 Å². The Hall–Kier alpha value is -2.18. The number of nitrogens with zero attached hydrogens (tertiary/aromatic N) is 3. The summed E-state index contributed by atoms with van der Waals surface area (Å²) in [5.74, 6) is -0.190. The molecule has 1 aliphatic heterocycles. The molecule has 0 saturated carbocycles. The SMILES string of the molecule is CCOC(=O)c1ccnc(N2CCNC(=O)C2)n1. The number of carbonyl (C=O) groups excluding carboxylic acids is 2. The fourth-order valence-corrected chi connectivity index (χ4v) is 1.63. The van der Waals surface area contributed by atoms with Crippen LogP contribution in [0.3, 0.4) is 0 Å². The maximum atomic E-state index is 11.5. The number of esters is 1. The highest BCUT2D eigenvalue weighted by Crippen LogP contribution is 2.09. The molecule has 1 aromatic heterocycles. The molecule has 0 bridgehead atoms. The first kappa shape index (κ1) is 12.3. The first-order valence-corrected chi connectivity index (χ1v) is 5.72. The number of nitrogens with one attached hydrogen (secondary N) is 1. The van der Waals surface area contributed by atoms with Crippen LogP contribution in [0.2, 0.25) is 0 Å². The van der Waals surface area contributed by atoms with E-state index in [1.165, 1.54) is 12.3 Å². The fourth-order valence-electron chi connectivity index (χ4n) is 1.63. The lowest BCUT2D eigenvalue weighted by molar-refractivity contribution is -0.120. The number of carbonyl (C=O) groups is 2. The van der Waals surface area contributed by atoms with Gasteiger partial charge in [-0.25, -0.2) is 14.8 Å². The highest BCUT2D eigenvalue weighted by molar-refractivity contribution is 5.87. The van der Waals surface area contributed by atoms with Crippen LogP contribution in [0, 0.1) is 0 Å². The summed E-state index contributed by atoms with van der Waals surface area (Å²) in [6, 6.07) is 1.49. The van der Waals surface area contributed by atoms with Crippen molar-refractivity contribution in [1.82, 2.24) is 15.3 Å². The van der Waals surface area contributed by atoms with Crippen molar-refractivity contribution in [3.05, 3.63) is 18.0 Å². The van der Waals surface area contributed by atoms with Gasteiger partial charge < -0.3 is 15.0 Å². The first-order chi connectivity index (χ1) is 8.70. The van der Waals surface area contributed by atoms with Crippen LogP contribution in [0.1, 0.15) is 17.4 Å². The van der Waals surface area contributed by atoms with Crippen molar-refractivity contribution >= 4 is 17.8 Å². The summed E-state index contributed by atoms with van der Waals surface area (Å²) in [4.78, 5) is 32.7. The van der Waals surface area contributed by atoms with Gasteiger partial charge in [0.25, 0.3) is 0 Å². The Morgan fingerprint density at radius 1 is 1.61 bits per heavy atom. The van der Waals surface area contributed by atoms with Crippen LogP contribution in [-0.2, 0) is 9.53 Å². The minimum atomic E-state index is -0.484. The van der Waals surface area contributed by atoms with Gasteiger partial charge >= 0.3 is 5.97 Å². The zero-order chi connectivity index (χ0) is 13.0. The Kier molecular flexibility index (Phi) is 3.71. The minimum Gasteiger partial charge on any atom is -0.461 e. The third-order valence-corrected chi connectivity index (χ3v) is 2.45. The van der Waals surface area contributed by atoms with E-state index < -0.39 is 5.97 Å². The fraction of sp³-hybridized carbons (Fsp3) is 0.455. The van der Waals surface area contributed by atoms with Crippen molar-refractivity contribution in [3.8, 4) is 0 Å². The normalized spacial score (nSPS) is 15.2. The van der Waals surface area contributed by atoms with Crippen molar-refractivity contribution < 1.29 is 14.3 Å². The zero-order valence-electron chi connectivity index (χ0n) is 10.0. The lowest BCUT2D eigenvalue weighted by Crippen LogP contribution is -2.48. The molecule has 2 heterocycles. The number of aromatic nitrogens is 2. The highest BCUT2D eigenvalue weighted by atomic mass is 16.5. The van der Waals surface area contributed by atoms with E-state index in [4.69, 9.17) is 4.74 Å². The molecule has 0 aliphatic carbocycles. The largest absolute Gasteiger partial charge is 0.461 e. The second-order valence-electron chi connectivity index (χ2n) is 3.73. The molecule has 0 unspecified atom stereocenters. The number of amides is 1. The summed E-state index contributed by atoms with van der Waals surface area (Å²) < 4.78 is 4.86. The van der Waals surface area contributed by atoms with Crippen LogP contribution in [0.25, 0.3) is 0 Å². The minimum absolute atomic E-state index is 0.0774. The Balaban J connectivity index is 2.16. The maximum absolute atomic E-state index is 11.5. The van der Waals surface area contributed by atoms with Crippen LogP contribution < -0.4 is 10.2 Å². The third kappa shape index (κ3) is 2.73. The van der Waals surface area contributed by atoms with Crippen LogP contribution in [0.5, 0.6) is 0 Å². The number of anilines is 1. The lowest BCUT2D eigenvalue weighted by Gasteiger charge is -2.26. The summed E-state index contributed by atoms with van der Waals surface area (Å²) in [7, 11) is 0. The molecule has 7 nitrogen and oxygen atoms in total. The molecule has 1 N–H and O–H groups in total. The summed E-state index contributed by atoms with van der Waals surface area (Å²) in [6.45, 7) is 3.40. The molecular weight excluding hydrogens is 236 g/mol. The second kappa shape index (κ2) is 5.44. The highest BCUT2D eigenvalue weighted by Gasteiger charge is 2.19. The van der Waals surface area contributed by atoms with Gasteiger partial charge in [0, 0.05) is 19.3 Å². The third-order valence-electron chi connectivity index (χ3n) is 2.45. The molecule has 0 radical (unpaired) electrons. The summed E-state index contributed by atoms with van der Waals surface area (Å²) in [5.41, 5.74) is 0.202. The predicted octanol–water partition coefficient (Wildman–Crippen LogP) is -0.410. The summed E-state index contributed by atoms with van der Waals surface area (Å²) in [5, 5.41) is 2.71. The van der Waals surface area contributed by atoms with E-state index >= 15 is 0 Å². The van der Waals surface area contributed by atoms with Crippen LogP contribution in [-0.4, -0.2) is 48.1 Å². The molecular formula is C11H14N4O3. The van der Waals surface area contributed by atoms with Crippen LogP contribution in [0.15, 0.2) is 12.3 Å². The molecule has 96 valence electrons. The Bertz CT molecular complexity index is 463. The summed E-state index contributed by atoms with van der Waals surface area (Å²) in [6.07, 6.45) is 1.49. The van der Waals surface area contributed by atoms with Crippen molar-refractivity contribution in [2.24, 2.45) is 0 Å². The van der Waals surface area contributed by atoms with E-state index in [0.29, 0.717) is 25.6 Å². The van der Waals surface area contributed by atoms with Gasteiger partial charge in [-0.15, -0.1) is 0 Å². The number of ether oxygens (including phenoxy) is 1. The van der Waals surface area contributed by atoms with Crippen LogP contribution >= 0.6 is 0 Å². The molecule has 1 fully saturated rings. The Morgan fingerprint density at radius 2 is 2.44 bits per heavy atom. The number of piperazine rings is 1. The Morgan fingerprint density at radius 3 is 3.17 bits per heavy atom. The van der Waals surface area contributed by atoms with E-state index in [-0.39, 0.29) is 18.1 Å². The predicted molar refractivity (Wildman–Crippen MR) is 63.2 cm³/mol. The molecule has 0 spiro atoms. The quantitative estimate of drug-likeness (QED) is 0.734. The first-order valence-electron chi connectivity index (χ1n) is 5.72. The smallest absolute Gasteiger partial charge is 0.357 e. The molecule has 0 atom stereocenters. The van der Waals surface area contributed by atoms with Crippen molar-refractivity contribution in [3.63, 3.8) is 0 Å². The van der Waals surface area contributed by atoms with Gasteiger partial charge in [0.2, 0.25) is 11.9 Å². The molecule has 1 amide bonds. The standard InChI is InChI=1S/C11H14N4O3/c1-2-18-10(17)8-3-4-13-11(14-8)15-6-5-12-9(16)7-15/h3-4H,2,5-7H2,1H3,(H,12,16). The number of rotatable bonds is 3. The molecule has 1 aromatic rings. The zero-order valence-corrected chi connectivity index (χ0v) is 10.0. The van der Waals surface area contributed by atoms with Crippen LogP contribution in [0.4, 0.5) is 5.95 Å². The molecule has 1 aliphatic rings. The summed E-state index contributed by atoms with van der Waals surface area (Å²) >= 11 is 0. The van der Waals surface area contributed by atoms with Crippen molar-refractivity contribution in [1.29, 1.82) is 0 Å². The van der Waals surface area contributed by atoms with E-state index in [1.807, 2.05) is 0 Å². The Labute approximate surface area is 104 Å². The topological polar surface area (TPSA) is 84.4 Å². The van der Waals surface area contributed by atoms with Gasteiger partial charge in [-0.3, -0.25) is 4.79 Å². The van der Waals surface area contributed by atoms with Crippen molar-refractivity contribution in [2.45, 2.75) is 6.92 Å².